The van der Waals surface area contributed by atoms with Crippen molar-refractivity contribution in [2.45, 2.75) is 44.9 Å². The van der Waals surface area contributed by atoms with Crippen molar-refractivity contribution in [1.29, 1.82) is 0 Å². The summed E-state index contributed by atoms with van der Waals surface area (Å²) in [5, 5.41) is 0. The van der Waals surface area contributed by atoms with E-state index >= 15 is 0 Å². The zero-order chi connectivity index (χ0) is 10.4. The lowest BCUT2D eigenvalue weighted by Gasteiger charge is -2.15. The highest BCUT2D eigenvalue weighted by Crippen LogP contribution is 2.29. The molecular formula is C12H15IO. The zero-order valence-corrected chi connectivity index (χ0v) is 10.5. The Bertz CT molecular complexity index is 283. The van der Waals surface area contributed by atoms with Gasteiger partial charge in [0, 0.05) is 12.8 Å². The van der Waals surface area contributed by atoms with Gasteiger partial charge in [-0.3, -0.25) is 4.79 Å². The second-order valence-corrected chi connectivity index (χ2v) is 4.68. The molecule has 0 aromatic heterocycles. The van der Waals surface area contributed by atoms with E-state index in [1.807, 2.05) is 0 Å². The van der Waals surface area contributed by atoms with E-state index in [1.54, 1.807) is 0 Å². The Morgan fingerprint density at radius 2 is 2.14 bits per heavy atom. The second-order valence-electron chi connectivity index (χ2n) is 3.61. The van der Waals surface area contributed by atoms with Crippen molar-refractivity contribution in [2.75, 3.05) is 0 Å². The molecule has 0 spiro atoms. The highest BCUT2D eigenvalue weighted by atomic mass is 127. The molecule has 0 amide bonds. The molecule has 0 N–H and O–H groups in total. The summed E-state index contributed by atoms with van der Waals surface area (Å²) in [7, 11) is 0. The van der Waals surface area contributed by atoms with Crippen molar-refractivity contribution in [2.24, 2.45) is 0 Å². The van der Waals surface area contributed by atoms with Crippen LogP contribution in [0.15, 0.2) is 9.15 Å². The van der Waals surface area contributed by atoms with Crippen LogP contribution in [-0.4, -0.2) is 5.78 Å². The Labute approximate surface area is 99.5 Å². The summed E-state index contributed by atoms with van der Waals surface area (Å²) in [5.41, 5.74) is 1.36. The molecule has 1 aliphatic rings. The van der Waals surface area contributed by atoms with Crippen LogP contribution in [0, 0.1) is 12.3 Å². The molecule has 76 valence electrons. The van der Waals surface area contributed by atoms with Gasteiger partial charge in [-0.25, -0.2) is 0 Å². The lowest BCUT2D eigenvalue weighted by Crippen LogP contribution is -2.07. The van der Waals surface area contributed by atoms with Gasteiger partial charge in [-0.2, -0.15) is 0 Å². The molecule has 0 aliphatic heterocycles. The van der Waals surface area contributed by atoms with Crippen LogP contribution in [0.1, 0.15) is 44.9 Å². The highest BCUT2D eigenvalue weighted by Gasteiger charge is 2.17. The van der Waals surface area contributed by atoms with E-state index in [0.29, 0.717) is 5.78 Å². The minimum atomic E-state index is 0.337. The van der Waals surface area contributed by atoms with Crippen LogP contribution in [0.2, 0.25) is 0 Å². The molecule has 0 unspecified atom stereocenters. The van der Waals surface area contributed by atoms with Crippen LogP contribution in [0.3, 0.4) is 0 Å². The summed E-state index contributed by atoms with van der Waals surface area (Å²) < 4.78 is 0.995. The number of carbonyl (C=O) groups excluding carboxylic acids is 1. The van der Waals surface area contributed by atoms with Crippen LogP contribution in [0.25, 0.3) is 0 Å². The quantitative estimate of drug-likeness (QED) is 0.440. The Morgan fingerprint density at radius 1 is 1.36 bits per heavy atom. The Kier molecular flexibility index (Phi) is 5.24. The number of carbonyl (C=O) groups is 1. The van der Waals surface area contributed by atoms with E-state index in [0.717, 1.165) is 48.5 Å². The Hall–Kier alpha value is -0.300. The SMILES string of the molecule is C#CCCCCC1=C(I)C(=O)CCC1. The monoisotopic (exact) mass is 302 g/mol. The predicted molar refractivity (Wildman–Crippen MR) is 67.2 cm³/mol. The molecule has 1 rings (SSSR count). The van der Waals surface area contributed by atoms with Gasteiger partial charge in [0.25, 0.3) is 0 Å². The summed E-state index contributed by atoms with van der Waals surface area (Å²) in [6, 6.07) is 0. The average molecular weight is 302 g/mol. The molecule has 0 aromatic carbocycles. The van der Waals surface area contributed by atoms with Gasteiger partial charge in [0.2, 0.25) is 0 Å². The maximum Gasteiger partial charge on any atom is 0.168 e. The average Bonchev–Trinajstić information content (AvgIpc) is 2.19. The summed E-state index contributed by atoms with van der Waals surface area (Å²) in [6.07, 6.45) is 12.2. The minimum Gasteiger partial charge on any atom is -0.294 e. The number of allylic oxidation sites excluding steroid dienone is 2. The number of ketones is 1. The van der Waals surface area contributed by atoms with Crippen LogP contribution in [0.5, 0.6) is 0 Å². The minimum absolute atomic E-state index is 0.337. The van der Waals surface area contributed by atoms with Gasteiger partial charge in [0.1, 0.15) is 0 Å². The third-order valence-electron chi connectivity index (χ3n) is 2.49. The van der Waals surface area contributed by atoms with Crippen molar-refractivity contribution < 1.29 is 4.79 Å². The van der Waals surface area contributed by atoms with E-state index in [4.69, 9.17) is 6.42 Å². The van der Waals surface area contributed by atoms with Gasteiger partial charge < -0.3 is 0 Å². The first kappa shape index (κ1) is 11.8. The van der Waals surface area contributed by atoms with Crippen LogP contribution in [0.4, 0.5) is 0 Å². The maximum atomic E-state index is 11.4. The topological polar surface area (TPSA) is 17.1 Å². The molecule has 0 saturated carbocycles. The van der Waals surface area contributed by atoms with Gasteiger partial charge in [0.15, 0.2) is 5.78 Å². The van der Waals surface area contributed by atoms with Crippen LogP contribution < -0.4 is 0 Å². The fourth-order valence-electron chi connectivity index (χ4n) is 1.68. The fraction of sp³-hybridized carbons (Fsp3) is 0.583. The van der Waals surface area contributed by atoms with Crippen molar-refractivity contribution >= 4 is 28.4 Å². The van der Waals surface area contributed by atoms with E-state index in [2.05, 4.69) is 28.5 Å². The van der Waals surface area contributed by atoms with E-state index in [1.165, 1.54) is 5.57 Å². The van der Waals surface area contributed by atoms with E-state index in [9.17, 15) is 4.79 Å². The Morgan fingerprint density at radius 3 is 2.86 bits per heavy atom. The number of terminal acetylenes is 1. The fourth-order valence-corrected chi connectivity index (χ4v) is 2.49. The first-order chi connectivity index (χ1) is 6.75. The Balaban J connectivity index is 2.39. The lowest BCUT2D eigenvalue weighted by atomic mass is 9.94. The van der Waals surface area contributed by atoms with Crippen LogP contribution >= 0.6 is 22.6 Å². The second kappa shape index (κ2) is 6.23. The number of unbranched alkanes of at least 4 members (excludes halogenated alkanes) is 2. The molecular weight excluding hydrogens is 287 g/mol. The molecule has 0 radical (unpaired) electrons. The van der Waals surface area contributed by atoms with E-state index in [-0.39, 0.29) is 0 Å². The van der Waals surface area contributed by atoms with Gasteiger partial charge in [-0.05, 0) is 54.7 Å². The summed E-state index contributed by atoms with van der Waals surface area (Å²) in [5.74, 6) is 2.98. The normalized spacial score (nSPS) is 17.0. The first-order valence-corrected chi connectivity index (χ1v) is 6.17. The third-order valence-corrected chi connectivity index (χ3v) is 3.85. The van der Waals surface area contributed by atoms with Gasteiger partial charge in [-0.1, -0.05) is 5.57 Å². The largest absolute Gasteiger partial charge is 0.294 e. The molecule has 0 bridgehead atoms. The highest BCUT2D eigenvalue weighted by molar-refractivity contribution is 14.1. The molecule has 1 aliphatic carbocycles. The van der Waals surface area contributed by atoms with Crippen molar-refractivity contribution in [3.8, 4) is 12.3 Å². The molecule has 0 aromatic rings. The predicted octanol–water partition coefficient (Wildman–Crippen LogP) is 3.62. The maximum absolute atomic E-state index is 11.4. The number of Topliss-reactive ketones (excluding diaryl/α,β-unsaturated/α-hetero) is 1. The van der Waals surface area contributed by atoms with Gasteiger partial charge in [0.05, 0.1) is 3.58 Å². The molecule has 0 heterocycles. The van der Waals surface area contributed by atoms with Crippen molar-refractivity contribution in [3.63, 3.8) is 0 Å². The molecule has 0 saturated heterocycles. The number of hydrogen-bond acceptors (Lipinski definition) is 1. The molecule has 0 fully saturated rings. The lowest BCUT2D eigenvalue weighted by molar-refractivity contribution is -0.115. The van der Waals surface area contributed by atoms with E-state index < -0.39 is 0 Å². The molecule has 0 atom stereocenters. The first-order valence-electron chi connectivity index (χ1n) is 5.10. The number of rotatable bonds is 4. The van der Waals surface area contributed by atoms with Gasteiger partial charge in [-0.15, -0.1) is 12.3 Å². The van der Waals surface area contributed by atoms with Gasteiger partial charge >= 0.3 is 0 Å². The third kappa shape index (κ3) is 3.45. The molecule has 14 heavy (non-hydrogen) atoms. The zero-order valence-electron chi connectivity index (χ0n) is 8.31. The smallest absolute Gasteiger partial charge is 0.168 e. The molecule has 2 heteroatoms. The summed E-state index contributed by atoms with van der Waals surface area (Å²) in [4.78, 5) is 11.4. The number of halogens is 1. The number of hydrogen-bond donors (Lipinski definition) is 0. The van der Waals surface area contributed by atoms with Crippen molar-refractivity contribution in [3.05, 3.63) is 9.15 Å². The summed E-state index contributed by atoms with van der Waals surface area (Å²) >= 11 is 2.20. The van der Waals surface area contributed by atoms with Crippen LogP contribution in [-0.2, 0) is 4.79 Å². The molecule has 1 nitrogen and oxygen atoms in total. The standard InChI is InChI=1S/C12H15IO/c1-2-3-4-5-7-10-8-6-9-11(14)12(10)13/h1H,3-9H2. The summed E-state index contributed by atoms with van der Waals surface area (Å²) in [6.45, 7) is 0. The van der Waals surface area contributed by atoms with Crippen molar-refractivity contribution in [1.82, 2.24) is 0 Å².